The molecule has 4 amide bonds. The van der Waals surface area contributed by atoms with Crippen molar-refractivity contribution in [3.8, 4) is 0 Å². The summed E-state index contributed by atoms with van der Waals surface area (Å²) in [4.78, 5) is 24.0. The van der Waals surface area contributed by atoms with E-state index >= 15 is 0 Å². The van der Waals surface area contributed by atoms with Crippen molar-refractivity contribution >= 4 is 74.9 Å². The molecule has 0 saturated heterocycles. The van der Waals surface area contributed by atoms with E-state index in [0.29, 0.717) is 6.07 Å². The summed E-state index contributed by atoms with van der Waals surface area (Å²) in [6.45, 7) is 3.43. The average molecular weight is 813 g/mol. The Labute approximate surface area is 312 Å². The molecule has 0 aliphatic rings. The molecule has 0 heterocycles. The standard InChI is InChI=1S/C34H32N6O10S4/c1-23-13-17-27(18-14-23)51(43,44)39-33(41)35-29-21-30(36-34(42)40-52(45,46)28-19-15-24(2)16-20-28)32(54(49,50)38-26-11-7-4-8-12-26)22-31(29)53(47,48)37-25-9-5-3-6-10-25/h3-22,37-38H,1-2H3,(H2,35,39,41)(H2,36,40,42). The zero-order valence-corrected chi connectivity index (χ0v) is 31.5. The Kier molecular flexibility index (Phi) is 11.3. The molecular weight excluding hydrogens is 781 g/mol. The Balaban J connectivity index is 1.62. The first-order valence-corrected chi connectivity index (χ1v) is 21.4. The van der Waals surface area contributed by atoms with Gasteiger partial charge in [0.2, 0.25) is 0 Å². The lowest BCUT2D eigenvalue weighted by Gasteiger charge is -2.19. The lowest BCUT2D eigenvalue weighted by molar-refractivity contribution is 0.255. The van der Waals surface area contributed by atoms with Gasteiger partial charge in [0.15, 0.2) is 0 Å². The molecule has 0 radical (unpaired) electrons. The molecule has 0 unspecified atom stereocenters. The zero-order valence-electron chi connectivity index (χ0n) is 28.3. The van der Waals surface area contributed by atoms with Crippen LogP contribution >= 0.6 is 0 Å². The van der Waals surface area contributed by atoms with Crippen LogP contribution in [-0.4, -0.2) is 45.7 Å². The molecule has 20 heteroatoms. The number of benzene rings is 5. The van der Waals surface area contributed by atoms with Crippen molar-refractivity contribution in [1.82, 2.24) is 9.44 Å². The van der Waals surface area contributed by atoms with Crippen molar-refractivity contribution < 1.29 is 43.3 Å². The summed E-state index contributed by atoms with van der Waals surface area (Å²) in [5.74, 6) is 0. The number of urea groups is 2. The molecule has 16 nitrogen and oxygen atoms in total. The van der Waals surface area contributed by atoms with E-state index in [-0.39, 0.29) is 21.2 Å². The summed E-state index contributed by atoms with van der Waals surface area (Å²) < 4.78 is 116. The van der Waals surface area contributed by atoms with Crippen molar-refractivity contribution in [2.24, 2.45) is 0 Å². The van der Waals surface area contributed by atoms with Crippen molar-refractivity contribution in [1.29, 1.82) is 0 Å². The van der Waals surface area contributed by atoms with Gasteiger partial charge in [-0.15, -0.1) is 0 Å². The summed E-state index contributed by atoms with van der Waals surface area (Å²) in [5, 5.41) is 4.22. The maximum atomic E-state index is 13.9. The first kappa shape index (κ1) is 39.3. The largest absolute Gasteiger partial charge is 0.333 e. The molecule has 0 fully saturated rings. The van der Waals surface area contributed by atoms with Gasteiger partial charge in [-0.25, -0.2) is 52.7 Å². The van der Waals surface area contributed by atoms with Gasteiger partial charge in [-0.1, -0.05) is 71.8 Å². The normalized spacial score (nSPS) is 11.9. The third kappa shape index (κ3) is 9.72. The van der Waals surface area contributed by atoms with Crippen LogP contribution in [0.15, 0.2) is 141 Å². The fourth-order valence-electron chi connectivity index (χ4n) is 4.73. The Hall–Kier alpha value is -5.96. The maximum Gasteiger partial charge on any atom is 0.333 e. The molecule has 5 aromatic carbocycles. The summed E-state index contributed by atoms with van der Waals surface area (Å²) in [7, 11) is -18.7. The topological polar surface area (TPSA) is 243 Å². The van der Waals surface area contributed by atoms with Crippen molar-refractivity contribution in [3.05, 3.63) is 132 Å². The summed E-state index contributed by atoms with van der Waals surface area (Å²) >= 11 is 0. The molecule has 282 valence electrons. The Morgan fingerprint density at radius 1 is 0.426 bits per heavy atom. The Morgan fingerprint density at radius 2 is 0.759 bits per heavy atom. The van der Waals surface area contributed by atoms with E-state index in [2.05, 4.69) is 20.1 Å². The minimum absolute atomic E-state index is 0.0320. The van der Waals surface area contributed by atoms with E-state index in [1.54, 1.807) is 35.4 Å². The fraction of sp³-hybridized carbons (Fsp3) is 0.0588. The molecule has 0 aliphatic carbocycles. The van der Waals surface area contributed by atoms with Crippen LogP contribution in [0.5, 0.6) is 0 Å². The third-order valence-electron chi connectivity index (χ3n) is 7.33. The van der Waals surface area contributed by atoms with Gasteiger partial charge in [-0.05, 0) is 74.5 Å². The number of anilines is 4. The molecule has 0 aliphatic heterocycles. The van der Waals surface area contributed by atoms with Gasteiger partial charge in [0.25, 0.3) is 40.1 Å². The summed E-state index contributed by atoms with van der Waals surface area (Å²) in [6, 6.07) is 24.0. The highest BCUT2D eigenvalue weighted by Gasteiger charge is 2.30. The second-order valence-corrected chi connectivity index (χ2v) is 18.2. The van der Waals surface area contributed by atoms with Crippen LogP contribution < -0.4 is 29.5 Å². The molecule has 5 aromatic rings. The SMILES string of the molecule is Cc1ccc(S(=O)(=O)NC(=O)Nc2cc(NC(=O)NS(=O)(=O)c3ccc(C)cc3)c(S(=O)(=O)Nc3ccccc3)cc2S(=O)(=O)Nc2ccccc2)cc1. The van der Waals surface area contributed by atoms with E-state index in [0.717, 1.165) is 17.2 Å². The number of para-hydroxylation sites is 2. The number of nitrogens with one attached hydrogen (secondary N) is 6. The zero-order chi connectivity index (χ0) is 39.3. The van der Waals surface area contributed by atoms with Gasteiger partial charge >= 0.3 is 12.1 Å². The van der Waals surface area contributed by atoms with E-state index in [4.69, 9.17) is 0 Å². The lowest BCUT2D eigenvalue weighted by Crippen LogP contribution is -2.36. The van der Waals surface area contributed by atoms with Gasteiger partial charge in [-0.2, -0.15) is 0 Å². The number of sulfonamides is 4. The van der Waals surface area contributed by atoms with Crippen LogP contribution in [-0.2, 0) is 40.1 Å². The van der Waals surface area contributed by atoms with E-state index < -0.39 is 73.3 Å². The highest BCUT2D eigenvalue weighted by atomic mass is 32.2. The molecule has 0 aromatic heterocycles. The number of rotatable bonds is 12. The number of aryl methyl sites for hydroxylation is 2. The Bertz CT molecular complexity index is 2460. The molecule has 0 saturated carbocycles. The van der Waals surface area contributed by atoms with Crippen molar-refractivity contribution in [2.45, 2.75) is 33.4 Å². The predicted molar refractivity (Wildman–Crippen MR) is 202 cm³/mol. The van der Waals surface area contributed by atoms with Gasteiger partial charge in [-0.3, -0.25) is 9.44 Å². The van der Waals surface area contributed by atoms with Crippen LogP contribution in [0, 0.1) is 13.8 Å². The van der Waals surface area contributed by atoms with Crippen LogP contribution in [0.2, 0.25) is 0 Å². The quantitative estimate of drug-likeness (QED) is 0.0993. The van der Waals surface area contributed by atoms with Gasteiger partial charge in [0, 0.05) is 11.4 Å². The predicted octanol–water partition coefficient (Wildman–Crippen LogP) is 4.93. The fourth-order valence-corrected chi connectivity index (χ4v) is 9.07. The first-order chi connectivity index (χ1) is 25.3. The third-order valence-corrected chi connectivity index (χ3v) is 12.9. The van der Waals surface area contributed by atoms with E-state index in [1.807, 2.05) is 0 Å². The van der Waals surface area contributed by atoms with Crippen LogP contribution in [0.25, 0.3) is 0 Å². The second kappa shape index (κ2) is 15.6. The maximum absolute atomic E-state index is 13.9. The van der Waals surface area contributed by atoms with E-state index in [9.17, 15) is 43.3 Å². The first-order valence-electron chi connectivity index (χ1n) is 15.5. The molecule has 0 spiro atoms. The highest BCUT2D eigenvalue weighted by Crippen LogP contribution is 2.34. The van der Waals surface area contributed by atoms with Crippen LogP contribution in [0.1, 0.15) is 11.1 Å². The monoisotopic (exact) mass is 812 g/mol. The van der Waals surface area contributed by atoms with Gasteiger partial charge < -0.3 is 10.6 Å². The number of hydrogen-bond donors (Lipinski definition) is 6. The lowest BCUT2D eigenvalue weighted by atomic mass is 10.2. The second-order valence-electron chi connectivity index (χ2n) is 11.5. The molecule has 6 N–H and O–H groups in total. The van der Waals surface area contributed by atoms with Gasteiger partial charge in [0.1, 0.15) is 9.79 Å². The molecule has 5 rings (SSSR count). The van der Waals surface area contributed by atoms with Crippen molar-refractivity contribution in [3.63, 3.8) is 0 Å². The number of amides is 4. The summed E-state index contributed by atoms with van der Waals surface area (Å²) in [6.07, 6.45) is 0. The smallest absolute Gasteiger partial charge is 0.306 e. The minimum atomic E-state index is -4.82. The molecule has 0 bridgehead atoms. The molecule has 54 heavy (non-hydrogen) atoms. The molecule has 0 atom stereocenters. The minimum Gasteiger partial charge on any atom is -0.306 e. The Morgan fingerprint density at radius 3 is 1.09 bits per heavy atom. The number of carbonyl (C=O) groups excluding carboxylic acids is 2. The van der Waals surface area contributed by atoms with Crippen LogP contribution in [0.3, 0.4) is 0 Å². The molecular formula is C34H32N6O10S4. The number of carbonyl (C=O) groups is 2. The average Bonchev–Trinajstić information content (AvgIpc) is 3.08. The highest BCUT2D eigenvalue weighted by molar-refractivity contribution is 7.93. The van der Waals surface area contributed by atoms with E-state index in [1.165, 1.54) is 97.1 Å². The number of hydrogen-bond acceptors (Lipinski definition) is 10. The van der Waals surface area contributed by atoms with Gasteiger partial charge in [0.05, 0.1) is 21.2 Å². The summed E-state index contributed by atoms with van der Waals surface area (Å²) in [5.41, 5.74) is 0.0864. The van der Waals surface area contributed by atoms with Crippen molar-refractivity contribution in [2.75, 3.05) is 20.1 Å². The van der Waals surface area contributed by atoms with Crippen LogP contribution in [0.4, 0.5) is 32.3 Å².